The number of hydrogen-bond acceptors (Lipinski definition) is 3. The summed E-state index contributed by atoms with van der Waals surface area (Å²) >= 11 is 0. The number of benzene rings is 1. The van der Waals surface area contributed by atoms with Crippen molar-refractivity contribution in [2.24, 2.45) is 5.73 Å². The van der Waals surface area contributed by atoms with Crippen molar-refractivity contribution in [2.75, 3.05) is 20.3 Å². The second-order valence-corrected chi connectivity index (χ2v) is 3.57. The first-order valence-electron chi connectivity index (χ1n) is 5.31. The second kappa shape index (κ2) is 6.89. The van der Waals surface area contributed by atoms with Gasteiger partial charge < -0.3 is 15.2 Å². The zero-order valence-electron chi connectivity index (χ0n) is 10.00. The fourth-order valence-corrected chi connectivity index (χ4v) is 1.36. The molecule has 0 heterocycles. The van der Waals surface area contributed by atoms with E-state index < -0.39 is 0 Å². The van der Waals surface area contributed by atoms with Gasteiger partial charge in [-0.25, -0.2) is 4.39 Å². The maximum atomic E-state index is 13.3. The molecule has 2 N–H and O–H groups in total. The maximum absolute atomic E-state index is 13.3. The minimum atomic E-state index is -0.381. The largest absolute Gasteiger partial charge is 0.488 e. The van der Waals surface area contributed by atoms with Crippen LogP contribution in [0.3, 0.4) is 0 Å². The minimum absolute atomic E-state index is 0.142. The summed E-state index contributed by atoms with van der Waals surface area (Å²) in [4.78, 5) is 0. The number of halogens is 1. The molecule has 0 radical (unpaired) electrons. The quantitative estimate of drug-likeness (QED) is 0.808. The van der Waals surface area contributed by atoms with Crippen molar-refractivity contribution in [3.8, 4) is 17.6 Å². The number of nitrogens with two attached hydrogens (primary N) is 1. The van der Waals surface area contributed by atoms with Crippen LogP contribution in [0, 0.1) is 17.7 Å². The van der Waals surface area contributed by atoms with Gasteiger partial charge >= 0.3 is 0 Å². The second-order valence-electron chi connectivity index (χ2n) is 3.57. The van der Waals surface area contributed by atoms with Crippen molar-refractivity contribution in [1.29, 1.82) is 0 Å². The maximum Gasteiger partial charge on any atom is 0.128 e. The summed E-state index contributed by atoms with van der Waals surface area (Å²) in [7, 11) is 1.59. The molecule has 3 nitrogen and oxygen atoms in total. The van der Waals surface area contributed by atoms with E-state index in [1.54, 1.807) is 13.2 Å². The molecule has 0 aliphatic heterocycles. The molecule has 0 aliphatic rings. The predicted molar refractivity (Wildman–Crippen MR) is 64.3 cm³/mol. The smallest absolute Gasteiger partial charge is 0.128 e. The zero-order valence-corrected chi connectivity index (χ0v) is 10.00. The van der Waals surface area contributed by atoms with Crippen molar-refractivity contribution in [3.05, 3.63) is 29.6 Å². The highest BCUT2D eigenvalue weighted by Gasteiger charge is 2.05. The van der Waals surface area contributed by atoms with E-state index in [9.17, 15) is 4.39 Å². The number of rotatable bonds is 4. The molecule has 0 amide bonds. The monoisotopic (exact) mass is 237 g/mol. The highest BCUT2D eigenvalue weighted by molar-refractivity contribution is 5.40. The lowest BCUT2D eigenvalue weighted by molar-refractivity contribution is 0.0918. The molecule has 1 atom stereocenters. The molecule has 17 heavy (non-hydrogen) atoms. The lowest BCUT2D eigenvalue weighted by Crippen LogP contribution is -2.18. The van der Waals surface area contributed by atoms with Crippen LogP contribution in [0.1, 0.15) is 12.5 Å². The average Bonchev–Trinajstić information content (AvgIpc) is 2.25. The lowest BCUT2D eigenvalue weighted by Gasteiger charge is -2.13. The summed E-state index contributed by atoms with van der Waals surface area (Å²) in [6.07, 6.45) is -0.142. The molecule has 0 saturated carbocycles. The molecule has 0 spiro atoms. The first-order chi connectivity index (χ1) is 8.15. The molecule has 0 bridgehead atoms. The Bertz CT molecular complexity index is 423. The van der Waals surface area contributed by atoms with E-state index in [1.165, 1.54) is 12.1 Å². The number of ether oxygens (including phenoxy) is 2. The minimum Gasteiger partial charge on any atom is -0.488 e. The highest BCUT2D eigenvalue weighted by atomic mass is 19.1. The summed E-state index contributed by atoms with van der Waals surface area (Å²) in [6, 6.07) is 4.34. The first-order valence-corrected chi connectivity index (χ1v) is 5.31. The van der Waals surface area contributed by atoms with E-state index in [-0.39, 0.29) is 18.5 Å². The van der Waals surface area contributed by atoms with Crippen molar-refractivity contribution in [3.63, 3.8) is 0 Å². The Morgan fingerprint density at radius 1 is 1.41 bits per heavy atom. The molecule has 1 rings (SSSR count). The Morgan fingerprint density at radius 3 is 2.82 bits per heavy atom. The Balaban J connectivity index is 2.82. The molecule has 4 heteroatoms. The molecule has 1 unspecified atom stereocenters. The van der Waals surface area contributed by atoms with Crippen LogP contribution in [-0.4, -0.2) is 26.4 Å². The molecule has 0 aromatic heterocycles. The number of methoxy groups -OCH3 is 1. The average molecular weight is 237 g/mol. The molecule has 0 aliphatic carbocycles. The van der Waals surface area contributed by atoms with Gasteiger partial charge in [0, 0.05) is 18.7 Å². The van der Waals surface area contributed by atoms with Gasteiger partial charge in [0.1, 0.15) is 17.7 Å². The molecule has 0 fully saturated rings. The van der Waals surface area contributed by atoms with E-state index in [2.05, 4.69) is 11.8 Å². The third kappa shape index (κ3) is 4.85. The normalized spacial score (nSPS) is 11.5. The van der Waals surface area contributed by atoms with E-state index in [0.29, 0.717) is 17.9 Å². The van der Waals surface area contributed by atoms with E-state index in [4.69, 9.17) is 15.2 Å². The summed E-state index contributed by atoms with van der Waals surface area (Å²) in [5.41, 5.74) is 5.81. The van der Waals surface area contributed by atoms with Gasteiger partial charge in [-0.2, -0.15) is 0 Å². The van der Waals surface area contributed by atoms with Crippen molar-refractivity contribution in [1.82, 2.24) is 0 Å². The molecule has 1 aromatic carbocycles. The summed E-state index contributed by atoms with van der Waals surface area (Å²) in [5.74, 6) is 5.49. The van der Waals surface area contributed by atoms with Gasteiger partial charge in [0.15, 0.2) is 0 Å². The topological polar surface area (TPSA) is 44.5 Å². The van der Waals surface area contributed by atoms with Gasteiger partial charge in [0.25, 0.3) is 0 Å². The van der Waals surface area contributed by atoms with Gasteiger partial charge in [0.2, 0.25) is 0 Å². The van der Waals surface area contributed by atoms with Crippen LogP contribution < -0.4 is 10.5 Å². The zero-order chi connectivity index (χ0) is 12.7. The van der Waals surface area contributed by atoms with Crippen molar-refractivity contribution >= 4 is 0 Å². The molecule has 92 valence electrons. The fourth-order valence-electron chi connectivity index (χ4n) is 1.36. The first kappa shape index (κ1) is 13.5. The van der Waals surface area contributed by atoms with E-state index in [0.717, 1.165) is 0 Å². The van der Waals surface area contributed by atoms with Crippen LogP contribution in [0.4, 0.5) is 4.39 Å². The summed E-state index contributed by atoms with van der Waals surface area (Å²) < 4.78 is 23.7. The van der Waals surface area contributed by atoms with E-state index in [1.807, 2.05) is 6.92 Å². The molecule has 1 aromatic rings. The van der Waals surface area contributed by atoms with Crippen LogP contribution in [0.25, 0.3) is 0 Å². The van der Waals surface area contributed by atoms with Gasteiger partial charge in [-0.1, -0.05) is 11.8 Å². The third-order valence-corrected chi connectivity index (χ3v) is 1.94. The lowest BCUT2D eigenvalue weighted by atomic mass is 10.2. The molecular formula is C13H16FNO2. The Labute approximate surface area is 101 Å². The SMILES string of the molecule is COCC(C)Oc1cc(F)cc(C#CCN)c1. The third-order valence-electron chi connectivity index (χ3n) is 1.94. The van der Waals surface area contributed by atoms with Crippen LogP contribution >= 0.6 is 0 Å². The molecular weight excluding hydrogens is 221 g/mol. The number of hydrogen-bond donors (Lipinski definition) is 1. The van der Waals surface area contributed by atoms with Crippen LogP contribution in [0.5, 0.6) is 5.75 Å². The van der Waals surface area contributed by atoms with Crippen molar-refractivity contribution < 1.29 is 13.9 Å². The van der Waals surface area contributed by atoms with Crippen molar-refractivity contribution in [2.45, 2.75) is 13.0 Å². The summed E-state index contributed by atoms with van der Waals surface area (Å²) in [5, 5.41) is 0. The van der Waals surface area contributed by atoms with Gasteiger partial charge in [-0.05, 0) is 19.1 Å². The van der Waals surface area contributed by atoms with Gasteiger partial charge in [0.05, 0.1) is 13.2 Å². The van der Waals surface area contributed by atoms with Crippen LogP contribution in [0.2, 0.25) is 0 Å². The Morgan fingerprint density at radius 2 is 2.18 bits per heavy atom. The van der Waals surface area contributed by atoms with E-state index >= 15 is 0 Å². The predicted octanol–water partition coefficient (Wildman–Crippen LogP) is 1.55. The van der Waals surface area contributed by atoms with Gasteiger partial charge in [-0.15, -0.1) is 0 Å². The fraction of sp³-hybridized carbons (Fsp3) is 0.385. The molecule has 0 saturated heterocycles. The van der Waals surface area contributed by atoms with Crippen LogP contribution in [0.15, 0.2) is 18.2 Å². The Kier molecular flexibility index (Phi) is 5.47. The van der Waals surface area contributed by atoms with Crippen LogP contribution in [-0.2, 0) is 4.74 Å². The van der Waals surface area contributed by atoms with Gasteiger partial charge in [-0.3, -0.25) is 0 Å². The highest BCUT2D eigenvalue weighted by Crippen LogP contribution is 2.17. The summed E-state index contributed by atoms with van der Waals surface area (Å²) in [6.45, 7) is 2.53. The standard InChI is InChI=1S/C13H16FNO2/c1-10(9-16-2)17-13-7-11(4-3-5-15)6-12(14)8-13/h6-8,10H,5,9,15H2,1-2H3. The Hall–Kier alpha value is -1.57.